The van der Waals surface area contributed by atoms with Crippen LogP contribution in [0.15, 0.2) is 0 Å². The van der Waals surface area contributed by atoms with Gasteiger partial charge in [-0.05, 0) is 32.7 Å². The van der Waals surface area contributed by atoms with E-state index in [4.69, 9.17) is 0 Å². The minimum absolute atomic E-state index is 0.136. The van der Waals surface area contributed by atoms with Crippen LogP contribution in [-0.2, 0) is 14.9 Å². The summed E-state index contributed by atoms with van der Waals surface area (Å²) in [7, 11) is -2.35. The van der Waals surface area contributed by atoms with Gasteiger partial charge in [0.1, 0.15) is 0 Å². The van der Waals surface area contributed by atoms with Crippen LogP contribution in [0.4, 0.5) is 4.79 Å². The van der Waals surface area contributed by atoms with Gasteiger partial charge in [0.15, 0.2) is 0 Å². The predicted molar refractivity (Wildman–Crippen MR) is 72.0 cm³/mol. The first kappa shape index (κ1) is 16.2. The molecule has 0 bridgehead atoms. The SMILES string of the molecule is CCOC(=O)NS(=O)(=O)N(C)CCC1CCCCN1. The van der Waals surface area contributed by atoms with Gasteiger partial charge in [-0.15, -0.1) is 0 Å². The van der Waals surface area contributed by atoms with Crippen molar-refractivity contribution >= 4 is 16.3 Å². The van der Waals surface area contributed by atoms with Gasteiger partial charge in [-0.2, -0.15) is 12.7 Å². The number of nitrogens with zero attached hydrogens (tertiary/aromatic N) is 1. The lowest BCUT2D eigenvalue weighted by molar-refractivity contribution is 0.158. The van der Waals surface area contributed by atoms with Gasteiger partial charge in [0.05, 0.1) is 6.61 Å². The maximum Gasteiger partial charge on any atom is 0.421 e. The Morgan fingerprint density at radius 2 is 2.21 bits per heavy atom. The smallest absolute Gasteiger partial charge is 0.421 e. The van der Waals surface area contributed by atoms with Gasteiger partial charge in [-0.3, -0.25) is 0 Å². The number of nitrogens with one attached hydrogen (secondary N) is 2. The second kappa shape index (κ2) is 7.66. The van der Waals surface area contributed by atoms with Crippen LogP contribution < -0.4 is 10.0 Å². The highest BCUT2D eigenvalue weighted by Gasteiger charge is 2.22. The van der Waals surface area contributed by atoms with Gasteiger partial charge in [-0.1, -0.05) is 6.42 Å². The zero-order chi connectivity index (χ0) is 14.3. The fourth-order valence-electron chi connectivity index (χ4n) is 1.97. The van der Waals surface area contributed by atoms with Crippen molar-refractivity contribution in [2.24, 2.45) is 0 Å². The molecule has 0 aliphatic carbocycles. The van der Waals surface area contributed by atoms with Gasteiger partial charge >= 0.3 is 16.3 Å². The lowest BCUT2D eigenvalue weighted by atomic mass is 10.0. The van der Waals surface area contributed by atoms with E-state index in [9.17, 15) is 13.2 Å². The number of rotatable bonds is 6. The number of hydrogen-bond acceptors (Lipinski definition) is 5. The Labute approximate surface area is 114 Å². The molecule has 2 N–H and O–H groups in total. The van der Waals surface area contributed by atoms with Crippen molar-refractivity contribution in [2.75, 3.05) is 26.7 Å². The second-order valence-corrected chi connectivity index (χ2v) is 6.36. The zero-order valence-electron chi connectivity index (χ0n) is 11.5. The highest BCUT2D eigenvalue weighted by Crippen LogP contribution is 2.11. The van der Waals surface area contributed by atoms with E-state index in [0.717, 1.165) is 23.7 Å². The standard InChI is InChI=1S/C11H23N3O4S/c1-3-18-11(15)13-19(16,17)14(2)9-7-10-6-4-5-8-12-10/h10,12H,3-9H2,1-2H3,(H,13,15). The van der Waals surface area contributed by atoms with Crippen LogP contribution >= 0.6 is 0 Å². The highest BCUT2D eigenvalue weighted by atomic mass is 32.2. The molecular formula is C11H23N3O4S. The van der Waals surface area contributed by atoms with Crippen molar-refractivity contribution in [3.63, 3.8) is 0 Å². The molecule has 1 aliphatic heterocycles. The summed E-state index contributed by atoms with van der Waals surface area (Å²) in [6.07, 6.45) is 3.22. The number of ether oxygens (including phenoxy) is 1. The Kier molecular flexibility index (Phi) is 6.53. The van der Waals surface area contributed by atoms with Crippen molar-refractivity contribution in [3.05, 3.63) is 0 Å². The lowest BCUT2D eigenvalue weighted by Gasteiger charge is -2.25. The molecule has 0 spiro atoms. The molecule has 0 saturated carbocycles. The molecule has 112 valence electrons. The van der Waals surface area contributed by atoms with Gasteiger partial charge in [0.2, 0.25) is 0 Å². The first-order valence-corrected chi connectivity index (χ1v) is 8.04. The third kappa shape index (κ3) is 5.75. The third-order valence-corrected chi connectivity index (χ3v) is 4.53. The molecule has 1 heterocycles. The Balaban J connectivity index is 2.37. The molecule has 0 aromatic carbocycles. The summed E-state index contributed by atoms with van der Waals surface area (Å²) in [5, 5.41) is 3.35. The molecule has 0 aromatic rings. The molecule has 1 aliphatic rings. The van der Waals surface area contributed by atoms with Crippen LogP contribution in [0.1, 0.15) is 32.6 Å². The van der Waals surface area contributed by atoms with E-state index in [1.165, 1.54) is 19.9 Å². The highest BCUT2D eigenvalue weighted by molar-refractivity contribution is 7.87. The van der Waals surface area contributed by atoms with Gasteiger partial charge in [-0.25, -0.2) is 9.52 Å². The minimum atomic E-state index is -3.80. The molecule has 1 rings (SSSR count). The third-order valence-electron chi connectivity index (χ3n) is 3.10. The summed E-state index contributed by atoms with van der Waals surface area (Å²) in [5.74, 6) is 0. The summed E-state index contributed by atoms with van der Waals surface area (Å²) >= 11 is 0. The fraction of sp³-hybridized carbons (Fsp3) is 0.909. The second-order valence-electron chi connectivity index (χ2n) is 4.58. The van der Waals surface area contributed by atoms with Gasteiger partial charge < -0.3 is 10.1 Å². The van der Waals surface area contributed by atoms with Crippen molar-refractivity contribution in [1.82, 2.24) is 14.3 Å². The summed E-state index contributed by atoms with van der Waals surface area (Å²) in [6.45, 7) is 3.11. The largest absolute Gasteiger partial charge is 0.449 e. The van der Waals surface area contributed by atoms with Crippen LogP contribution in [0.2, 0.25) is 0 Å². The monoisotopic (exact) mass is 293 g/mol. The summed E-state index contributed by atoms with van der Waals surface area (Å²) in [4.78, 5) is 11.1. The summed E-state index contributed by atoms with van der Waals surface area (Å²) in [6, 6.07) is 0.356. The van der Waals surface area contributed by atoms with E-state index in [2.05, 4.69) is 10.1 Å². The molecule has 1 saturated heterocycles. The minimum Gasteiger partial charge on any atom is -0.449 e. The topological polar surface area (TPSA) is 87.7 Å². The summed E-state index contributed by atoms with van der Waals surface area (Å²) < 4.78 is 31.1. The van der Waals surface area contributed by atoms with Crippen molar-refractivity contribution in [2.45, 2.75) is 38.6 Å². The first-order valence-electron chi connectivity index (χ1n) is 6.60. The first-order chi connectivity index (χ1) is 8.95. The molecule has 1 fully saturated rings. The number of carbonyl (C=O) groups is 1. The van der Waals surface area contributed by atoms with Crippen molar-refractivity contribution < 1.29 is 17.9 Å². The molecule has 0 radical (unpaired) electrons. The Hall–Kier alpha value is -0.860. The normalized spacial score (nSPS) is 20.3. The average Bonchev–Trinajstić information content (AvgIpc) is 2.36. The van der Waals surface area contributed by atoms with E-state index in [-0.39, 0.29) is 6.61 Å². The van der Waals surface area contributed by atoms with E-state index in [0.29, 0.717) is 12.6 Å². The Morgan fingerprint density at radius 3 is 2.79 bits per heavy atom. The van der Waals surface area contributed by atoms with Crippen LogP contribution in [0, 0.1) is 0 Å². The quantitative estimate of drug-likeness (QED) is 0.742. The molecular weight excluding hydrogens is 270 g/mol. The average molecular weight is 293 g/mol. The number of carbonyl (C=O) groups excluding carboxylic acids is 1. The van der Waals surface area contributed by atoms with E-state index < -0.39 is 16.3 Å². The fourth-order valence-corrected chi connectivity index (χ4v) is 2.74. The molecule has 7 nitrogen and oxygen atoms in total. The predicted octanol–water partition coefficient (Wildman–Crippen LogP) is 0.441. The summed E-state index contributed by atoms with van der Waals surface area (Å²) in [5.41, 5.74) is 0. The number of amides is 1. The lowest BCUT2D eigenvalue weighted by Crippen LogP contribution is -2.44. The molecule has 0 aromatic heterocycles. The van der Waals surface area contributed by atoms with Crippen LogP contribution in [-0.4, -0.2) is 51.6 Å². The molecule has 1 amide bonds. The number of hydrogen-bond donors (Lipinski definition) is 2. The van der Waals surface area contributed by atoms with Gasteiger partial charge in [0.25, 0.3) is 0 Å². The molecule has 19 heavy (non-hydrogen) atoms. The van der Waals surface area contributed by atoms with E-state index in [1.807, 2.05) is 4.72 Å². The molecule has 1 unspecified atom stereocenters. The van der Waals surface area contributed by atoms with E-state index in [1.54, 1.807) is 6.92 Å². The zero-order valence-corrected chi connectivity index (χ0v) is 12.3. The maximum absolute atomic E-state index is 11.8. The Bertz CT molecular complexity index is 379. The van der Waals surface area contributed by atoms with Gasteiger partial charge in [0, 0.05) is 19.6 Å². The van der Waals surface area contributed by atoms with Crippen LogP contribution in [0.3, 0.4) is 0 Å². The Morgan fingerprint density at radius 1 is 1.47 bits per heavy atom. The molecule has 8 heteroatoms. The van der Waals surface area contributed by atoms with E-state index >= 15 is 0 Å². The van der Waals surface area contributed by atoms with Crippen molar-refractivity contribution in [1.29, 1.82) is 0 Å². The number of piperidine rings is 1. The molecule has 1 atom stereocenters. The maximum atomic E-state index is 11.8. The van der Waals surface area contributed by atoms with Crippen LogP contribution in [0.25, 0.3) is 0 Å². The van der Waals surface area contributed by atoms with Crippen molar-refractivity contribution in [3.8, 4) is 0 Å². The van der Waals surface area contributed by atoms with Crippen LogP contribution in [0.5, 0.6) is 0 Å².